The minimum atomic E-state index is -0.544. The van der Waals surface area contributed by atoms with E-state index in [-0.39, 0.29) is 47.2 Å². The molecule has 8 nitrogen and oxygen atoms in total. The van der Waals surface area contributed by atoms with Crippen LogP contribution in [0.2, 0.25) is 0 Å². The summed E-state index contributed by atoms with van der Waals surface area (Å²) >= 11 is 0. The first-order chi connectivity index (χ1) is 15.3. The molecule has 3 amide bonds. The van der Waals surface area contributed by atoms with Crippen molar-refractivity contribution in [3.63, 3.8) is 0 Å². The fraction of sp³-hybridized carbons (Fsp3) is 0.609. The van der Waals surface area contributed by atoms with Gasteiger partial charge in [0.2, 0.25) is 11.8 Å². The molecule has 0 spiro atoms. The molecule has 0 radical (unpaired) electrons. The lowest BCUT2D eigenvalue weighted by molar-refractivity contribution is -0.136. The highest BCUT2D eigenvalue weighted by Crippen LogP contribution is 2.24. The molecule has 0 aliphatic carbocycles. The lowest BCUT2D eigenvalue weighted by atomic mass is 9.82. The van der Waals surface area contributed by atoms with E-state index in [9.17, 15) is 18.8 Å². The molecule has 3 saturated heterocycles. The van der Waals surface area contributed by atoms with Gasteiger partial charge in [-0.2, -0.15) is 0 Å². The maximum atomic E-state index is 14.6. The molecule has 0 saturated carbocycles. The molecule has 174 valence electrons. The summed E-state index contributed by atoms with van der Waals surface area (Å²) in [6.07, 6.45) is 2.37. The molecule has 3 unspecified atom stereocenters. The van der Waals surface area contributed by atoms with E-state index in [0.29, 0.717) is 32.6 Å². The van der Waals surface area contributed by atoms with E-state index >= 15 is 0 Å². The largest absolute Gasteiger partial charge is 0.339 e. The van der Waals surface area contributed by atoms with Crippen LogP contribution < -0.4 is 16.2 Å². The summed E-state index contributed by atoms with van der Waals surface area (Å²) in [5.74, 6) is -0.975. The van der Waals surface area contributed by atoms with E-state index < -0.39 is 5.82 Å². The first-order valence-corrected chi connectivity index (χ1v) is 11.5. The molecule has 3 atom stereocenters. The second kappa shape index (κ2) is 9.54. The number of hydrogen-bond donors (Lipinski definition) is 3. The number of fused-ring (bicyclic) bond motifs is 1. The van der Waals surface area contributed by atoms with E-state index in [1.54, 1.807) is 21.9 Å². The van der Waals surface area contributed by atoms with Gasteiger partial charge >= 0.3 is 0 Å². The zero-order valence-electron chi connectivity index (χ0n) is 18.7. The second-order valence-corrected chi connectivity index (χ2v) is 9.26. The number of nitrogens with zero attached hydrogens (tertiary/aromatic N) is 2. The van der Waals surface area contributed by atoms with Crippen LogP contribution in [0.1, 0.15) is 42.6 Å². The summed E-state index contributed by atoms with van der Waals surface area (Å²) in [5, 5.41) is 3.44. The van der Waals surface area contributed by atoms with Crippen molar-refractivity contribution < 1.29 is 18.8 Å². The van der Waals surface area contributed by atoms with Crippen LogP contribution in [0.25, 0.3) is 0 Å². The Bertz CT molecular complexity index is 884. The number of hydrazine groups is 1. The Morgan fingerprint density at radius 1 is 1.16 bits per heavy atom. The highest BCUT2D eigenvalue weighted by Gasteiger charge is 2.40. The van der Waals surface area contributed by atoms with Crippen molar-refractivity contribution in [1.82, 2.24) is 26.0 Å². The van der Waals surface area contributed by atoms with Crippen molar-refractivity contribution in [3.05, 3.63) is 35.1 Å². The quantitative estimate of drug-likeness (QED) is 0.634. The molecule has 32 heavy (non-hydrogen) atoms. The van der Waals surface area contributed by atoms with E-state index in [4.69, 9.17) is 0 Å². The third-order valence-electron chi connectivity index (χ3n) is 6.75. The van der Waals surface area contributed by atoms with Gasteiger partial charge in [-0.1, -0.05) is 19.9 Å². The minimum Gasteiger partial charge on any atom is -0.339 e. The summed E-state index contributed by atoms with van der Waals surface area (Å²) in [6.45, 7) is 6.30. The van der Waals surface area contributed by atoms with Gasteiger partial charge in [-0.25, -0.2) is 9.82 Å². The standard InChI is InChI=1S/C23H32FN5O3/c1-14(2)22(31)28-8-10-29(11-9-28)23(32)17-12-15(5-6-18(17)24)13-19-20-16(4-3-7-25-20)21(30)27-26-19/h5-6,12,14,16,19-20,25-26H,3-4,7-11,13H2,1-2H3,(H,27,30). The summed E-state index contributed by atoms with van der Waals surface area (Å²) in [7, 11) is 0. The molecule has 3 fully saturated rings. The maximum Gasteiger partial charge on any atom is 0.256 e. The minimum absolute atomic E-state index is 0.00325. The fourth-order valence-electron chi connectivity index (χ4n) is 4.94. The summed E-state index contributed by atoms with van der Waals surface area (Å²) < 4.78 is 14.6. The third-order valence-corrected chi connectivity index (χ3v) is 6.75. The molecule has 0 bridgehead atoms. The first kappa shape index (κ1) is 22.7. The number of piperidine rings is 1. The van der Waals surface area contributed by atoms with Crippen molar-refractivity contribution in [1.29, 1.82) is 0 Å². The number of carbonyl (C=O) groups is 3. The van der Waals surface area contributed by atoms with Crippen LogP contribution in [0, 0.1) is 17.7 Å². The van der Waals surface area contributed by atoms with Crippen molar-refractivity contribution in [3.8, 4) is 0 Å². The molecule has 1 aromatic rings. The second-order valence-electron chi connectivity index (χ2n) is 9.26. The fourth-order valence-corrected chi connectivity index (χ4v) is 4.94. The number of rotatable bonds is 4. The monoisotopic (exact) mass is 445 g/mol. The van der Waals surface area contributed by atoms with Gasteiger partial charge in [-0.3, -0.25) is 19.8 Å². The van der Waals surface area contributed by atoms with Crippen molar-refractivity contribution in [2.24, 2.45) is 11.8 Å². The van der Waals surface area contributed by atoms with E-state index in [1.165, 1.54) is 6.07 Å². The Kier molecular flexibility index (Phi) is 6.76. The van der Waals surface area contributed by atoms with E-state index in [2.05, 4.69) is 16.2 Å². The van der Waals surface area contributed by atoms with Crippen LogP contribution in [0.3, 0.4) is 0 Å². The Morgan fingerprint density at radius 3 is 2.59 bits per heavy atom. The molecule has 4 rings (SSSR count). The molecule has 1 aromatic carbocycles. The Balaban J connectivity index is 1.43. The number of nitrogens with one attached hydrogen (secondary N) is 3. The van der Waals surface area contributed by atoms with Gasteiger partial charge in [0.15, 0.2) is 0 Å². The Labute approximate surface area is 187 Å². The van der Waals surface area contributed by atoms with Crippen LogP contribution in [0.15, 0.2) is 18.2 Å². The predicted octanol–water partition coefficient (Wildman–Crippen LogP) is 0.680. The van der Waals surface area contributed by atoms with Gasteiger partial charge in [0.25, 0.3) is 5.91 Å². The number of piperazine rings is 1. The molecule has 3 N–H and O–H groups in total. The highest BCUT2D eigenvalue weighted by atomic mass is 19.1. The number of amides is 3. The van der Waals surface area contributed by atoms with Crippen LogP contribution in [0.5, 0.6) is 0 Å². The van der Waals surface area contributed by atoms with Gasteiger partial charge in [-0.15, -0.1) is 0 Å². The van der Waals surface area contributed by atoms with E-state index in [1.807, 2.05) is 13.8 Å². The summed E-state index contributed by atoms with van der Waals surface area (Å²) in [6, 6.07) is 4.62. The van der Waals surface area contributed by atoms with Crippen LogP contribution >= 0.6 is 0 Å². The Morgan fingerprint density at radius 2 is 1.88 bits per heavy atom. The topological polar surface area (TPSA) is 93.8 Å². The molecule has 3 aliphatic rings. The van der Waals surface area contributed by atoms with E-state index in [0.717, 1.165) is 24.9 Å². The molecule has 9 heteroatoms. The van der Waals surface area contributed by atoms with Crippen molar-refractivity contribution in [2.45, 2.75) is 45.2 Å². The molecule has 3 heterocycles. The van der Waals surface area contributed by atoms with Gasteiger partial charge in [-0.05, 0) is 43.5 Å². The number of benzene rings is 1. The number of carbonyl (C=O) groups excluding carboxylic acids is 3. The van der Waals surface area contributed by atoms with Crippen LogP contribution in [0.4, 0.5) is 4.39 Å². The molecule has 0 aromatic heterocycles. The van der Waals surface area contributed by atoms with Crippen molar-refractivity contribution >= 4 is 17.7 Å². The lowest BCUT2D eigenvalue weighted by Crippen LogP contribution is -2.67. The SMILES string of the molecule is CC(C)C(=O)N1CCN(C(=O)c2cc(CC3NNC(=O)C4CCCNC34)ccc2F)CC1. The zero-order valence-corrected chi connectivity index (χ0v) is 18.7. The molecular formula is C23H32FN5O3. The average Bonchev–Trinajstić information content (AvgIpc) is 2.81. The van der Waals surface area contributed by atoms with Crippen LogP contribution in [-0.2, 0) is 16.0 Å². The lowest BCUT2D eigenvalue weighted by Gasteiger charge is -2.41. The highest BCUT2D eigenvalue weighted by molar-refractivity contribution is 5.95. The normalized spacial score (nSPS) is 26.0. The summed E-state index contributed by atoms with van der Waals surface area (Å²) in [4.78, 5) is 40.8. The molecule has 3 aliphatic heterocycles. The predicted molar refractivity (Wildman–Crippen MR) is 117 cm³/mol. The summed E-state index contributed by atoms with van der Waals surface area (Å²) in [5.41, 5.74) is 6.73. The maximum absolute atomic E-state index is 14.6. The van der Waals surface area contributed by atoms with Gasteiger partial charge in [0.1, 0.15) is 5.82 Å². The van der Waals surface area contributed by atoms with Gasteiger partial charge in [0.05, 0.1) is 11.5 Å². The first-order valence-electron chi connectivity index (χ1n) is 11.5. The van der Waals surface area contributed by atoms with Gasteiger partial charge < -0.3 is 15.1 Å². The number of hydrogen-bond acceptors (Lipinski definition) is 5. The smallest absolute Gasteiger partial charge is 0.256 e. The third kappa shape index (κ3) is 4.63. The Hall–Kier alpha value is -2.52. The van der Waals surface area contributed by atoms with Crippen LogP contribution in [-0.4, -0.2) is 72.3 Å². The number of halogens is 1. The average molecular weight is 446 g/mol. The van der Waals surface area contributed by atoms with Crippen molar-refractivity contribution in [2.75, 3.05) is 32.7 Å². The molecular weight excluding hydrogens is 413 g/mol. The zero-order chi connectivity index (χ0) is 22.8. The van der Waals surface area contributed by atoms with Gasteiger partial charge in [0, 0.05) is 44.2 Å².